The highest BCUT2D eigenvalue weighted by Gasteiger charge is 2.21. The largest absolute Gasteiger partial charge is 0.367 e. The molecule has 0 saturated carbocycles. The summed E-state index contributed by atoms with van der Waals surface area (Å²) in [7, 11) is 0. The lowest BCUT2D eigenvalue weighted by atomic mass is 9.99. The van der Waals surface area contributed by atoms with Crippen molar-refractivity contribution in [2.45, 2.75) is 38.6 Å². The molecule has 0 bridgehead atoms. The number of piperidine rings is 1. The molecule has 2 aromatic rings. The Morgan fingerprint density at radius 3 is 2.96 bits per heavy atom. The zero-order valence-corrected chi connectivity index (χ0v) is 14.4. The predicted molar refractivity (Wildman–Crippen MR) is 98.6 cm³/mol. The number of hydrogen-bond acceptors (Lipinski definition) is 4. The van der Waals surface area contributed by atoms with Gasteiger partial charge in [0.1, 0.15) is 5.69 Å². The van der Waals surface area contributed by atoms with Crippen molar-refractivity contribution in [2.75, 3.05) is 16.8 Å². The van der Waals surface area contributed by atoms with E-state index in [4.69, 9.17) is 5.26 Å². The van der Waals surface area contributed by atoms with Gasteiger partial charge in [-0.3, -0.25) is 4.79 Å². The van der Waals surface area contributed by atoms with E-state index in [1.807, 2.05) is 6.07 Å². The topological polar surface area (TPSA) is 69.0 Å². The third-order valence-electron chi connectivity index (χ3n) is 4.66. The van der Waals surface area contributed by atoms with Crippen molar-refractivity contribution in [3.63, 3.8) is 0 Å². The maximum Gasteiger partial charge on any atom is 0.274 e. The van der Waals surface area contributed by atoms with Gasteiger partial charge in [0.2, 0.25) is 0 Å². The summed E-state index contributed by atoms with van der Waals surface area (Å²) in [5.41, 5.74) is 2.56. The predicted octanol–water partition coefficient (Wildman–Crippen LogP) is 3.97. The molecule has 5 nitrogen and oxygen atoms in total. The van der Waals surface area contributed by atoms with Crippen molar-refractivity contribution in [2.24, 2.45) is 0 Å². The molecule has 5 heteroatoms. The number of amides is 1. The van der Waals surface area contributed by atoms with Gasteiger partial charge in [0.15, 0.2) is 0 Å². The minimum Gasteiger partial charge on any atom is -0.367 e. The molecule has 0 aliphatic carbocycles. The fraction of sp³-hybridized carbons (Fsp3) is 0.350. The molecule has 3 rings (SSSR count). The lowest BCUT2D eigenvalue weighted by Gasteiger charge is -2.37. The summed E-state index contributed by atoms with van der Waals surface area (Å²) in [6.45, 7) is 3.26. The molecule has 128 valence electrons. The number of carbonyl (C=O) groups is 1. The van der Waals surface area contributed by atoms with E-state index in [1.165, 1.54) is 19.3 Å². The number of pyridine rings is 1. The van der Waals surface area contributed by atoms with Crippen LogP contribution in [0.4, 0.5) is 11.4 Å². The molecule has 1 amide bonds. The average Bonchev–Trinajstić information content (AvgIpc) is 2.68. The zero-order valence-electron chi connectivity index (χ0n) is 14.4. The second kappa shape index (κ2) is 7.80. The second-order valence-corrected chi connectivity index (χ2v) is 6.30. The summed E-state index contributed by atoms with van der Waals surface area (Å²) < 4.78 is 0. The minimum atomic E-state index is -0.271. The van der Waals surface area contributed by atoms with Gasteiger partial charge in [0, 0.05) is 18.3 Å². The monoisotopic (exact) mass is 334 g/mol. The number of benzene rings is 1. The van der Waals surface area contributed by atoms with Crippen LogP contribution < -0.4 is 10.2 Å². The smallest absolute Gasteiger partial charge is 0.274 e. The molecule has 1 fully saturated rings. The summed E-state index contributed by atoms with van der Waals surface area (Å²) in [5.74, 6) is -0.271. The first kappa shape index (κ1) is 17.0. The molecule has 1 unspecified atom stereocenters. The first-order valence-electron chi connectivity index (χ1n) is 8.75. The van der Waals surface area contributed by atoms with E-state index in [2.05, 4.69) is 28.2 Å². The van der Waals surface area contributed by atoms with E-state index in [1.54, 1.807) is 36.5 Å². The van der Waals surface area contributed by atoms with Gasteiger partial charge in [0.05, 0.1) is 23.5 Å². The third-order valence-corrected chi connectivity index (χ3v) is 4.66. The summed E-state index contributed by atoms with van der Waals surface area (Å²) >= 11 is 0. The quantitative estimate of drug-likeness (QED) is 0.918. The molecule has 1 atom stereocenters. The van der Waals surface area contributed by atoms with E-state index >= 15 is 0 Å². The first-order valence-corrected chi connectivity index (χ1v) is 8.75. The van der Waals surface area contributed by atoms with Gasteiger partial charge in [-0.15, -0.1) is 0 Å². The van der Waals surface area contributed by atoms with Crippen molar-refractivity contribution in [1.29, 1.82) is 5.26 Å². The molecule has 0 spiro atoms. The van der Waals surface area contributed by atoms with Crippen LogP contribution in [0.25, 0.3) is 0 Å². The normalized spacial score (nSPS) is 17.0. The molecule has 1 aliphatic rings. The van der Waals surface area contributed by atoms with E-state index in [9.17, 15) is 4.79 Å². The number of nitrogens with one attached hydrogen (secondary N) is 1. The number of hydrogen-bond donors (Lipinski definition) is 1. The van der Waals surface area contributed by atoms with Gasteiger partial charge in [0.25, 0.3) is 5.91 Å². The van der Waals surface area contributed by atoms with Gasteiger partial charge >= 0.3 is 0 Å². The Balaban J connectivity index is 1.71. The molecule has 1 aromatic carbocycles. The molecular formula is C20H22N4O. The van der Waals surface area contributed by atoms with Crippen molar-refractivity contribution in [3.8, 4) is 6.07 Å². The Kier molecular flexibility index (Phi) is 5.30. The number of carbonyl (C=O) groups excluding carboxylic acids is 1. The fourth-order valence-electron chi connectivity index (χ4n) is 3.32. The van der Waals surface area contributed by atoms with Crippen molar-refractivity contribution in [3.05, 3.63) is 53.9 Å². The zero-order chi connectivity index (χ0) is 17.6. The van der Waals surface area contributed by atoms with E-state index in [0.717, 1.165) is 18.7 Å². The van der Waals surface area contributed by atoms with Crippen molar-refractivity contribution in [1.82, 2.24) is 4.98 Å². The first-order chi connectivity index (χ1) is 12.2. The van der Waals surface area contributed by atoms with Crippen LogP contribution in [0.2, 0.25) is 0 Å². The fourth-order valence-corrected chi connectivity index (χ4v) is 3.32. The molecule has 25 heavy (non-hydrogen) atoms. The Morgan fingerprint density at radius 2 is 2.24 bits per heavy atom. The van der Waals surface area contributed by atoms with Gasteiger partial charge in [-0.05, 0) is 56.0 Å². The number of nitriles is 1. The SMILES string of the molecule is CCC1CCCCN1c1ccc(C(=O)Nc2cccc(C#N)c2)nc1. The summed E-state index contributed by atoms with van der Waals surface area (Å²) in [6.07, 6.45) is 6.61. The van der Waals surface area contributed by atoms with Crippen LogP contribution in [0.1, 0.15) is 48.7 Å². The summed E-state index contributed by atoms with van der Waals surface area (Å²) in [5, 5.41) is 11.7. The van der Waals surface area contributed by atoms with Crippen LogP contribution in [0, 0.1) is 11.3 Å². The molecular weight excluding hydrogens is 312 g/mol. The van der Waals surface area contributed by atoms with Crippen LogP contribution in [0.15, 0.2) is 42.6 Å². The Hall–Kier alpha value is -2.87. The highest BCUT2D eigenvalue weighted by molar-refractivity contribution is 6.03. The maximum absolute atomic E-state index is 12.4. The van der Waals surface area contributed by atoms with Gasteiger partial charge in [-0.2, -0.15) is 5.26 Å². The third kappa shape index (κ3) is 3.97. The van der Waals surface area contributed by atoms with Gasteiger partial charge < -0.3 is 10.2 Å². The maximum atomic E-state index is 12.4. The standard InChI is InChI=1S/C20H22N4O/c1-2-17-8-3-4-11-24(17)18-9-10-19(22-14-18)20(25)23-16-7-5-6-15(12-16)13-21/h5-7,9-10,12,14,17H,2-4,8,11H2,1H3,(H,23,25). The van der Waals surface area contributed by atoms with Crippen molar-refractivity contribution >= 4 is 17.3 Å². The Labute approximate surface area is 148 Å². The number of nitrogens with zero attached hydrogens (tertiary/aromatic N) is 3. The highest BCUT2D eigenvalue weighted by Crippen LogP contribution is 2.26. The summed E-state index contributed by atoms with van der Waals surface area (Å²) in [6, 6.07) is 13.2. The van der Waals surface area contributed by atoms with Crippen LogP contribution in [0.5, 0.6) is 0 Å². The molecule has 0 radical (unpaired) electrons. The van der Waals surface area contributed by atoms with E-state index in [-0.39, 0.29) is 5.91 Å². The number of rotatable bonds is 4. The molecule has 1 aromatic heterocycles. The second-order valence-electron chi connectivity index (χ2n) is 6.30. The lowest BCUT2D eigenvalue weighted by Crippen LogP contribution is -2.39. The molecule has 1 aliphatic heterocycles. The Bertz CT molecular complexity index is 779. The number of anilines is 2. The Morgan fingerprint density at radius 1 is 1.36 bits per heavy atom. The van der Waals surface area contributed by atoms with Crippen LogP contribution in [0.3, 0.4) is 0 Å². The minimum absolute atomic E-state index is 0.271. The van der Waals surface area contributed by atoms with Crippen LogP contribution in [-0.2, 0) is 0 Å². The summed E-state index contributed by atoms with van der Waals surface area (Å²) in [4.78, 5) is 19.1. The van der Waals surface area contributed by atoms with E-state index < -0.39 is 0 Å². The molecule has 1 N–H and O–H groups in total. The van der Waals surface area contributed by atoms with E-state index in [0.29, 0.717) is 23.0 Å². The van der Waals surface area contributed by atoms with Gasteiger partial charge in [-0.25, -0.2) is 4.98 Å². The molecule has 1 saturated heterocycles. The average molecular weight is 334 g/mol. The van der Waals surface area contributed by atoms with Crippen LogP contribution in [-0.4, -0.2) is 23.5 Å². The van der Waals surface area contributed by atoms with Crippen LogP contribution >= 0.6 is 0 Å². The van der Waals surface area contributed by atoms with Crippen molar-refractivity contribution < 1.29 is 4.79 Å². The number of aromatic nitrogens is 1. The molecule has 2 heterocycles. The lowest BCUT2D eigenvalue weighted by molar-refractivity contribution is 0.102. The van der Waals surface area contributed by atoms with Gasteiger partial charge in [-0.1, -0.05) is 13.0 Å². The highest BCUT2D eigenvalue weighted by atomic mass is 16.1.